The SMILES string of the molecule is C=C1CCC2(OC1)OC1CC3C4CC=C5CC(OC6C(O)C(O)OC(CO)C6O)CC(O)C5(C)C4CCC3(C)C1C2C. The number of aliphatic hydroxyl groups is 5. The zero-order valence-electron chi connectivity index (χ0n) is 25.2. The molecule has 6 fully saturated rings. The lowest BCUT2D eigenvalue weighted by atomic mass is 9.46. The van der Waals surface area contributed by atoms with Crippen molar-refractivity contribution in [1.29, 1.82) is 0 Å². The maximum Gasteiger partial charge on any atom is 0.184 e. The van der Waals surface area contributed by atoms with Gasteiger partial charge in [-0.25, -0.2) is 0 Å². The molecule has 3 saturated heterocycles. The van der Waals surface area contributed by atoms with Gasteiger partial charge in [0.2, 0.25) is 0 Å². The van der Waals surface area contributed by atoms with Gasteiger partial charge in [-0.3, -0.25) is 0 Å². The fourth-order valence-corrected chi connectivity index (χ4v) is 11.1. The molecule has 16 unspecified atom stereocenters. The molecule has 7 rings (SSSR count). The predicted octanol–water partition coefficient (Wildman–Crippen LogP) is 2.43. The smallest absolute Gasteiger partial charge is 0.184 e. The molecular weight excluding hydrogens is 540 g/mol. The number of allylic oxidation sites excluding steroid dienone is 1. The van der Waals surface area contributed by atoms with Gasteiger partial charge in [-0.1, -0.05) is 44.6 Å². The van der Waals surface area contributed by atoms with Crippen LogP contribution >= 0.6 is 0 Å². The summed E-state index contributed by atoms with van der Waals surface area (Å²) in [7, 11) is 0. The number of rotatable bonds is 3. The highest BCUT2D eigenvalue weighted by Gasteiger charge is 2.69. The summed E-state index contributed by atoms with van der Waals surface area (Å²) >= 11 is 0. The lowest BCUT2D eigenvalue weighted by molar-refractivity contribution is -0.302. The van der Waals surface area contributed by atoms with E-state index in [0.717, 1.165) is 44.1 Å². The van der Waals surface area contributed by atoms with Crippen LogP contribution in [-0.4, -0.2) is 93.6 Å². The van der Waals surface area contributed by atoms with Crippen molar-refractivity contribution in [2.24, 2.45) is 40.4 Å². The molecule has 0 aromatic carbocycles. The highest BCUT2D eigenvalue weighted by Crippen LogP contribution is 2.70. The van der Waals surface area contributed by atoms with Crippen LogP contribution in [-0.2, 0) is 18.9 Å². The standard InChI is InChI=1S/C33H50O9/c1-16-7-10-33(39-15-16)17(2)26-23(42-33)13-22-20-6-5-18-11-19(40-29-27(36)24(14-34)41-30(38)28(29)37)12-25(35)32(18,4)21(20)8-9-31(22,26)3/h5,17,19-30,34-38H,1,6-15H2,2-4H3. The normalized spacial score (nSPS) is 57.3. The van der Waals surface area contributed by atoms with Gasteiger partial charge in [0, 0.05) is 24.2 Å². The maximum absolute atomic E-state index is 11.8. The summed E-state index contributed by atoms with van der Waals surface area (Å²) < 4.78 is 24.5. The molecule has 3 heterocycles. The molecule has 42 heavy (non-hydrogen) atoms. The van der Waals surface area contributed by atoms with Crippen LogP contribution in [0.4, 0.5) is 0 Å². The Morgan fingerprint density at radius 1 is 1.07 bits per heavy atom. The van der Waals surface area contributed by atoms with E-state index in [9.17, 15) is 25.5 Å². The van der Waals surface area contributed by atoms with E-state index in [2.05, 4.69) is 33.4 Å². The van der Waals surface area contributed by atoms with E-state index in [-0.39, 0.29) is 16.9 Å². The van der Waals surface area contributed by atoms with Crippen LogP contribution in [0, 0.1) is 40.4 Å². The molecule has 3 saturated carbocycles. The Kier molecular flexibility index (Phi) is 7.33. The molecule has 9 nitrogen and oxygen atoms in total. The first kappa shape index (κ1) is 29.8. The third-order valence-electron chi connectivity index (χ3n) is 13.4. The van der Waals surface area contributed by atoms with Gasteiger partial charge in [0.15, 0.2) is 12.1 Å². The highest BCUT2D eigenvalue weighted by atomic mass is 16.7. The molecule has 0 aromatic heterocycles. The highest BCUT2D eigenvalue weighted by molar-refractivity contribution is 5.28. The topological polar surface area (TPSA) is 138 Å². The van der Waals surface area contributed by atoms with Gasteiger partial charge in [-0.05, 0) is 67.6 Å². The van der Waals surface area contributed by atoms with E-state index in [1.54, 1.807) is 0 Å². The summed E-state index contributed by atoms with van der Waals surface area (Å²) in [5.41, 5.74) is 2.17. The minimum absolute atomic E-state index is 0.180. The van der Waals surface area contributed by atoms with Crippen molar-refractivity contribution < 1.29 is 44.5 Å². The molecule has 4 aliphatic carbocycles. The molecule has 3 aliphatic heterocycles. The average Bonchev–Trinajstić information content (AvgIpc) is 3.41. The Balaban J connectivity index is 1.09. The van der Waals surface area contributed by atoms with Crippen LogP contribution in [0.15, 0.2) is 23.8 Å². The zero-order valence-corrected chi connectivity index (χ0v) is 25.2. The van der Waals surface area contributed by atoms with Gasteiger partial charge >= 0.3 is 0 Å². The van der Waals surface area contributed by atoms with Crippen LogP contribution in [0.5, 0.6) is 0 Å². The molecule has 7 aliphatic rings. The summed E-state index contributed by atoms with van der Waals surface area (Å²) in [4.78, 5) is 0. The molecule has 0 bridgehead atoms. The van der Waals surface area contributed by atoms with E-state index in [0.29, 0.717) is 49.0 Å². The first-order valence-electron chi connectivity index (χ1n) is 16.2. The lowest BCUT2D eigenvalue weighted by Crippen LogP contribution is -2.61. The van der Waals surface area contributed by atoms with E-state index in [4.69, 9.17) is 18.9 Å². The molecule has 0 amide bonds. The largest absolute Gasteiger partial charge is 0.394 e. The molecule has 0 radical (unpaired) electrons. The summed E-state index contributed by atoms with van der Waals surface area (Å²) in [5.74, 6) is 1.71. The first-order valence-corrected chi connectivity index (χ1v) is 16.2. The van der Waals surface area contributed by atoms with E-state index in [1.165, 1.54) is 5.57 Å². The van der Waals surface area contributed by atoms with Gasteiger partial charge in [0.25, 0.3) is 0 Å². The van der Waals surface area contributed by atoms with Crippen LogP contribution in [0.2, 0.25) is 0 Å². The fraction of sp³-hybridized carbons (Fsp3) is 0.879. The van der Waals surface area contributed by atoms with Crippen LogP contribution in [0.25, 0.3) is 0 Å². The van der Waals surface area contributed by atoms with Crippen molar-refractivity contribution in [2.75, 3.05) is 13.2 Å². The molecule has 16 atom stereocenters. The summed E-state index contributed by atoms with van der Waals surface area (Å²) in [6.45, 7) is 11.3. The van der Waals surface area contributed by atoms with Crippen molar-refractivity contribution in [2.45, 2.75) is 127 Å². The Labute approximate surface area is 248 Å². The second kappa shape index (κ2) is 10.3. The lowest BCUT2D eigenvalue weighted by Gasteiger charge is -2.60. The average molecular weight is 591 g/mol. The Bertz CT molecular complexity index is 1100. The van der Waals surface area contributed by atoms with Crippen molar-refractivity contribution in [3.05, 3.63) is 23.8 Å². The van der Waals surface area contributed by atoms with E-state index in [1.807, 2.05) is 0 Å². The quantitative estimate of drug-likeness (QED) is 0.314. The van der Waals surface area contributed by atoms with Gasteiger partial charge < -0.3 is 44.5 Å². The first-order chi connectivity index (χ1) is 19.9. The van der Waals surface area contributed by atoms with Crippen LogP contribution in [0.3, 0.4) is 0 Å². The second-order valence-corrected chi connectivity index (χ2v) is 15.1. The van der Waals surface area contributed by atoms with Gasteiger partial charge in [0.1, 0.15) is 24.4 Å². The monoisotopic (exact) mass is 590 g/mol. The number of hydrogen-bond acceptors (Lipinski definition) is 9. The molecule has 9 heteroatoms. The number of hydrogen-bond donors (Lipinski definition) is 5. The number of ether oxygens (including phenoxy) is 4. The van der Waals surface area contributed by atoms with Crippen LogP contribution < -0.4 is 0 Å². The summed E-state index contributed by atoms with van der Waals surface area (Å²) in [6.07, 6.45) is 2.09. The summed E-state index contributed by atoms with van der Waals surface area (Å²) in [5, 5.41) is 52.6. The Hall–Kier alpha value is -0.880. The fourth-order valence-electron chi connectivity index (χ4n) is 11.1. The Morgan fingerprint density at radius 3 is 2.57 bits per heavy atom. The summed E-state index contributed by atoms with van der Waals surface area (Å²) in [6, 6.07) is 0. The van der Waals surface area contributed by atoms with E-state index >= 15 is 0 Å². The van der Waals surface area contributed by atoms with Crippen molar-refractivity contribution in [3.63, 3.8) is 0 Å². The second-order valence-electron chi connectivity index (χ2n) is 15.1. The molecule has 1 spiro atoms. The van der Waals surface area contributed by atoms with Gasteiger partial charge in [-0.2, -0.15) is 0 Å². The molecular formula is C33H50O9. The molecule has 236 valence electrons. The molecule has 5 N–H and O–H groups in total. The van der Waals surface area contributed by atoms with Gasteiger partial charge in [0.05, 0.1) is 31.5 Å². The zero-order chi connectivity index (χ0) is 29.8. The van der Waals surface area contributed by atoms with Crippen molar-refractivity contribution >= 4 is 0 Å². The Morgan fingerprint density at radius 2 is 1.86 bits per heavy atom. The number of aliphatic hydroxyl groups excluding tert-OH is 5. The molecule has 0 aromatic rings. The number of fused-ring (bicyclic) bond motifs is 7. The van der Waals surface area contributed by atoms with Crippen molar-refractivity contribution in [1.82, 2.24) is 0 Å². The predicted molar refractivity (Wildman–Crippen MR) is 152 cm³/mol. The van der Waals surface area contributed by atoms with Crippen molar-refractivity contribution in [3.8, 4) is 0 Å². The minimum Gasteiger partial charge on any atom is -0.394 e. The van der Waals surface area contributed by atoms with E-state index < -0.39 is 55.3 Å². The van der Waals surface area contributed by atoms with Crippen LogP contribution in [0.1, 0.15) is 72.1 Å². The minimum atomic E-state index is -1.56. The maximum atomic E-state index is 11.8. The van der Waals surface area contributed by atoms with Gasteiger partial charge in [-0.15, -0.1) is 0 Å². The third kappa shape index (κ3) is 4.14. The third-order valence-corrected chi connectivity index (χ3v) is 13.4.